The van der Waals surface area contributed by atoms with E-state index in [2.05, 4.69) is 9.64 Å². The van der Waals surface area contributed by atoms with Gasteiger partial charge in [-0.15, -0.1) is 13.2 Å². The van der Waals surface area contributed by atoms with Gasteiger partial charge in [-0.25, -0.2) is 14.0 Å². The van der Waals surface area contributed by atoms with Crippen molar-refractivity contribution in [3.05, 3.63) is 65.5 Å². The number of rotatable bonds is 9. The molecule has 0 spiro atoms. The van der Waals surface area contributed by atoms with Gasteiger partial charge in [-0.1, -0.05) is 24.3 Å². The number of hydrogen-bond donors (Lipinski definition) is 2. The summed E-state index contributed by atoms with van der Waals surface area (Å²) in [5, 5.41) is 14.8. The highest BCUT2D eigenvalue weighted by Gasteiger charge is 2.32. The number of halogens is 4. The Morgan fingerprint density at radius 3 is 2.07 bits per heavy atom. The fraction of sp³-hybridized carbons (Fsp3) is 0.483. The lowest BCUT2D eigenvalue weighted by Gasteiger charge is -2.39. The molecule has 2 atom stereocenters. The van der Waals surface area contributed by atoms with Gasteiger partial charge in [0.15, 0.2) is 6.29 Å². The molecule has 2 aliphatic heterocycles. The Morgan fingerprint density at radius 1 is 0.977 bits per heavy atom. The van der Waals surface area contributed by atoms with Crippen LogP contribution in [0.15, 0.2) is 48.5 Å². The number of nitrogens with zero attached hydrogens (tertiary/aromatic N) is 2. The standard InChI is InChI=1S/C27H32F4N2O4.C2H2O4/c1-19-18-35-26(36-19)12-15-32-13-10-23(11-14-32)33(17-21-2-6-22(28)7-3-21)25(34)16-20-4-8-24(9-5-20)37-27(29,30)31;3-1(4)2(5)6/h2-9,19,23,26H,10-18H2,1H3;(H,3,4)(H,5,6)/t19-,26?;/m0./s1. The summed E-state index contributed by atoms with van der Waals surface area (Å²) in [5.74, 6) is -4.46. The highest BCUT2D eigenvalue weighted by molar-refractivity contribution is 6.27. The number of ether oxygens (including phenoxy) is 3. The number of carboxylic acid groups (broad SMARTS) is 2. The van der Waals surface area contributed by atoms with E-state index in [0.717, 1.165) is 44.5 Å². The van der Waals surface area contributed by atoms with E-state index in [-0.39, 0.29) is 42.3 Å². The van der Waals surface area contributed by atoms with Crippen LogP contribution in [0.25, 0.3) is 0 Å². The van der Waals surface area contributed by atoms with Crippen molar-refractivity contribution in [2.24, 2.45) is 0 Å². The highest BCUT2D eigenvalue weighted by atomic mass is 19.4. The number of hydrogen-bond acceptors (Lipinski definition) is 7. The third-order valence-electron chi connectivity index (χ3n) is 6.86. The lowest BCUT2D eigenvalue weighted by atomic mass is 10.0. The van der Waals surface area contributed by atoms with E-state index in [4.69, 9.17) is 29.3 Å². The fourth-order valence-corrected chi connectivity index (χ4v) is 4.77. The van der Waals surface area contributed by atoms with E-state index in [1.165, 1.54) is 36.4 Å². The maximum Gasteiger partial charge on any atom is 0.573 e. The van der Waals surface area contributed by atoms with Crippen molar-refractivity contribution < 1.29 is 56.4 Å². The lowest BCUT2D eigenvalue weighted by Crippen LogP contribution is -2.48. The zero-order valence-electron chi connectivity index (χ0n) is 23.5. The molecular formula is C29H34F4N2O8. The summed E-state index contributed by atoms with van der Waals surface area (Å²) in [6.07, 6.45) is -2.41. The van der Waals surface area contributed by atoms with E-state index in [1.54, 1.807) is 12.1 Å². The van der Waals surface area contributed by atoms with Gasteiger partial charge in [0.25, 0.3) is 0 Å². The SMILES string of the molecule is C[C@H]1COC(CCN2CCC(N(Cc3ccc(F)cc3)C(=O)Cc3ccc(OC(F)(F)F)cc3)CC2)O1.O=C(O)C(=O)O. The van der Waals surface area contributed by atoms with Crippen molar-refractivity contribution in [2.75, 3.05) is 26.2 Å². The van der Waals surface area contributed by atoms with Crippen molar-refractivity contribution in [2.45, 2.75) is 63.9 Å². The van der Waals surface area contributed by atoms with Crippen LogP contribution in [0.2, 0.25) is 0 Å². The number of aliphatic carboxylic acids is 2. The maximum atomic E-state index is 13.4. The zero-order chi connectivity index (χ0) is 31.6. The van der Waals surface area contributed by atoms with Crippen LogP contribution in [0.3, 0.4) is 0 Å². The van der Waals surface area contributed by atoms with Crippen molar-refractivity contribution in [3.8, 4) is 5.75 Å². The van der Waals surface area contributed by atoms with Crippen LogP contribution in [-0.2, 0) is 36.8 Å². The van der Waals surface area contributed by atoms with Gasteiger partial charge >= 0.3 is 18.3 Å². The monoisotopic (exact) mass is 614 g/mol. The maximum absolute atomic E-state index is 13.4. The third kappa shape index (κ3) is 11.8. The molecular weight excluding hydrogens is 580 g/mol. The largest absolute Gasteiger partial charge is 0.573 e. The smallest absolute Gasteiger partial charge is 0.473 e. The molecule has 2 fully saturated rings. The first kappa shape index (κ1) is 33.7. The third-order valence-corrected chi connectivity index (χ3v) is 6.86. The molecule has 1 unspecified atom stereocenters. The first-order valence-corrected chi connectivity index (χ1v) is 13.6. The fourth-order valence-electron chi connectivity index (χ4n) is 4.77. The van der Waals surface area contributed by atoms with Gasteiger partial charge in [0.1, 0.15) is 11.6 Å². The summed E-state index contributed by atoms with van der Waals surface area (Å²) in [7, 11) is 0. The normalized spacial score (nSPS) is 19.3. The van der Waals surface area contributed by atoms with Gasteiger partial charge in [-0.2, -0.15) is 0 Å². The van der Waals surface area contributed by atoms with Gasteiger partial charge in [-0.05, 0) is 55.2 Å². The minimum atomic E-state index is -4.77. The molecule has 236 valence electrons. The number of alkyl halides is 3. The summed E-state index contributed by atoms with van der Waals surface area (Å²) in [6, 6.07) is 11.4. The van der Waals surface area contributed by atoms with Gasteiger partial charge in [0, 0.05) is 38.6 Å². The van der Waals surface area contributed by atoms with E-state index in [1.807, 2.05) is 11.8 Å². The Bertz CT molecular complexity index is 1190. The van der Waals surface area contributed by atoms with E-state index in [9.17, 15) is 22.4 Å². The van der Waals surface area contributed by atoms with Crippen LogP contribution in [0, 0.1) is 5.82 Å². The van der Waals surface area contributed by atoms with E-state index < -0.39 is 18.3 Å². The molecule has 2 aromatic carbocycles. The first-order chi connectivity index (χ1) is 20.3. The molecule has 2 aromatic rings. The second-order valence-corrected chi connectivity index (χ2v) is 10.2. The molecule has 0 radical (unpaired) electrons. The molecule has 0 saturated carbocycles. The molecule has 14 heteroatoms. The summed E-state index contributed by atoms with van der Waals surface area (Å²) < 4.78 is 66.0. The van der Waals surface area contributed by atoms with Gasteiger partial charge in [-0.3, -0.25) is 4.79 Å². The van der Waals surface area contributed by atoms with Crippen LogP contribution < -0.4 is 4.74 Å². The summed E-state index contributed by atoms with van der Waals surface area (Å²) in [6.45, 7) is 5.43. The molecule has 10 nitrogen and oxygen atoms in total. The molecule has 2 aliphatic rings. The number of amides is 1. The summed E-state index contributed by atoms with van der Waals surface area (Å²) in [5.41, 5.74) is 1.41. The van der Waals surface area contributed by atoms with Gasteiger partial charge < -0.3 is 34.2 Å². The van der Waals surface area contributed by atoms with Crippen molar-refractivity contribution in [1.82, 2.24) is 9.80 Å². The van der Waals surface area contributed by atoms with Crippen LogP contribution in [-0.4, -0.2) is 88.9 Å². The molecule has 4 rings (SSSR count). The molecule has 1 amide bonds. The zero-order valence-corrected chi connectivity index (χ0v) is 23.5. The molecule has 0 bridgehead atoms. The van der Waals surface area contributed by atoms with Crippen LogP contribution in [0.1, 0.15) is 37.3 Å². The molecule has 2 N–H and O–H groups in total. The topological polar surface area (TPSA) is 126 Å². The van der Waals surface area contributed by atoms with E-state index >= 15 is 0 Å². The molecule has 43 heavy (non-hydrogen) atoms. The lowest BCUT2D eigenvalue weighted by molar-refractivity contribution is -0.274. The minimum Gasteiger partial charge on any atom is -0.473 e. The Morgan fingerprint density at radius 2 is 1.56 bits per heavy atom. The Hall–Kier alpha value is -3.75. The van der Waals surface area contributed by atoms with Crippen molar-refractivity contribution in [3.63, 3.8) is 0 Å². The number of carbonyl (C=O) groups excluding carboxylic acids is 1. The Balaban J connectivity index is 0.000000765. The van der Waals surface area contributed by atoms with Crippen LogP contribution in [0.4, 0.5) is 17.6 Å². The second kappa shape index (κ2) is 15.6. The first-order valence-electron chi connectivity index (χ1n) is 13.6. The predicted octanol–water partition coefficient (Wildman–Crippen LogP) is 4.07. The number of benzene rings is 2. The number of carboxylic acids is 2. The summed E-state index contributed by atoms with van der Waals surface area (Å²) >= 11 is 0. The molecule has 0 aromatic heterocycles. The Kier molecular flexibility index (Phi) is 12.3. The van der Waals surface area contributed by atoms with Gasteiger partial charge in [0.05, 0.1) is 19.1 Å². The molecule has 2 heterocycles. The van der Waals surface area contributed by atoms with Crippen LogP contribution in [0.5, 0.6) is 5.75 Å². The average Bonchev–Trinajstić information content (AvgIpc) is 3.37. The highest BCUT2D eigenvalue weighted by Crippen LogP contribution is 2.25. The van der Waals surface area contributed by atoms with Crippen LogP contribution >= 0.6 is 0 Å². The number of carbonyl (C=O) groups is 3. The Labute approximate surface area is 245 Å². The minimum absolute atomic E-state index is 0.000594. The average molecular weight is 615 g/mol. The second-order valence-electron chi connectivity index (χ2n) is 10.2. The number of piperidine rings is 1. The number of likely N-dealkylation sites (tertiary alicyclic amines) is 1. The summed E-state index contributed by atoms with van der Waals surface area (Å²) in [4.78, 5) is 35.8. The predicted molar refractivity (Wildman–Crippen MR) is 143 cm³/mol. The van der Waals surface area contributed by atoms with Crippen molar-refractivity contribution >= 4 is 17.8 Å². The van der Waals surface area contributed by atoms with Gasteiger partial charge in [0.2, 0.25) is 5.91 Å². The molecule has 0 aliphatic carbocycles. The molecule has 2 saturated heterocycles. The quantitative estimate of drug-likeness (QED) is 0.318. The van der Waals surface area contributed by atoms with Crippen molar-refractivity contribution in [1.29, 1.82) is 0 Å². The van der Waals surface area contributed by atoms with E-state index in [0.29, 0.717) is 18.7 Å².